The van der Waals surface area contributed by atoms with E-state index in [4.69, 9.17) is 0 Å². The molecule has 25 heavy (non-hydrogen) atoms. The summed E-state index contributed by atoms with van der Waals surface area (Å²) < 4.78 is 48.1. The number of sulfone groups is 2. The number of hydrogen-bond donors (Lipinski definition) is 0. The first-order chi connectivity index (χ1) is 11.6. The minimum atomic E-state index is -3.53. The van der Waals surface area contributed by atoms with Crippen molar-refractivity contribution in [2.45, 2.75) is 44.0 Å². The number of rotatable bonds is 7. The maximum atomic E-state index is 12.5. The second-order valence-corrected chi connectivity index (χ2v) is 10.9. The highest BCUT2D eigenvalue weighted by atomic mass is 32.2. The molecule has 1 aliphatic rings. The van der Waals surface area contributed by atoms with Gasteiger partial charge in [0, 0.05) is 19.0 Å². The third kappa shape index (κ3) is 5.28. The van der Waals surface area contributed by atoms with Crippen LogP contribution in [0, 0.1) is 6.92 Å². The van der Waals surface area contributed by atoms with Crippen molar-refractivity contribution in [2.24, 2.45) is 0 Å². The van der Waals surface area contributed by atoms with Gasteiger partial charge < -0.3 is 4.90 Å². The van der Waals surface area contributed by atoms with Gasteiger partial charge in [-0.25, -0.2) is 16.8 Å². The fourth-order valence-corrected chi connectivity index (χ4v) is 5.96. The molecule has 1 saturated heterocycles. The second-order valence-electron chi connectivity index (χ2n) is 6.53. The van der Waals surface area contributed by atoms with E-state index in [2.05, 4.69) is 0 Å². The van der Waals surface area contributed by atoms with Crippen LogP contribution < -0.4 is 0 Å². The van der Waals surface area contributed by atoms with Crippen LogP contribution in [0.3, 0.4) is 0 Å². The van der Waals surface area contributed by atoms with Crippen molar-refractivity contribution in [3.05, 3.63) is 29.8 Å². The molecule has 2 rings (SSSR count). The third-order valence-corrected chi connectivity index (χ3v) is 7.88. The van der Waals surface area contributed by atoms with Gasteiger partial charge in [-0.1, -0.05) is 24.6 Å². The molecular weight excluding hydrogens is 362 g/mol. The monoisotopic (exact) mass is 387 g/mol. The summed E-state index contributed by atoms with van der Waals surface area (Å²) in [6.07, 6.45) is 0.999. The van der Waals surface area contributed by atoms with Gasteiger partial charge in [0.05, 0.1) is 22.2 Å². The standard InChI is InChI=1S/C17H25NO5S2/c1-3-10-18(15-8-11-24(20,21)13-15)17(19)9-12-25(22,23)16-6-4-14(2)5-7-16/h4-7,15H,3,8-13H2,1-2H3. The summed E-state index contributed by atoms with van der Waals surface area (Å²) >= 11 is 0. The molecule has 0 N–H and O–H groups in total. The van der Waals surface area contributed by atoms with Gasteiger partial charge in [0.2, 0.25) is 5.91 Å². The van der Waals surface area contributed by atoms with Gasteiger partial charge in [0.25, 0.3) is 0 Å². The zero-order valence-electron chi connectivity index (χ0n) is 14.6. The summed E-state index contributed by atoms with van der Waals surface area (Å²) in [5, 5.41) is 0. The number of carbonyl (C=O) groups is 1. The van der Waals surface area contributed by atoms with Crippen molar-refractivity contribution >= 4 is 25.6 Å². The van der Waals surface area contributed by atoms with Gasteiger partial charge in [0.15, 0.2) is 19.7 Å². The molecule has 0 aromatic heterocycles. The van der Waals surface area contributed by atoms with Gasteiger partial charge in [0.1, 0.15) is 0 Å². The van der Waals surface area contributed by atoms with Crippen molar-refractivity contribution in [1.82, 2.24) is 4.90 Å². The van der Waals surface area contributed by atoms with Crippen molar-refractivity contribution in [3.63, 3.8) is 0 Å². The third-order valence-electron chi connectivity index (χ3n) is 4.40. The van der Waals surface area contributed by atoms with Crippen LogP contribution in [0.1, 0.15) is 31.7 Å². The number of amides is 1. The quantitative estimate of drug-likeness (QED) is 0.709. The van der Waals surface area contributed by atoms with Crippen LogP contribution in [0.5, 0.6) is 0 Å². The molecule has 1 aromatic carbocycles. The first-order valence-corrected chi connectivity index (χ1v) is 11.9. The summed E-state index contributed by atoms with van der Waals surface area (Å²) in [5.74, 6) is -0.496. The van der Waals surface area contributed by atoms with Gasteiger partial charge in [-0.2, -0.15) is 0 Å². The van der Waals surface area contributed by atoms with E-state index < -0.39 is 19.7 Å². The Morgan fingerprint density at radius 1 is 1.24 bits per heavy atom. The summed E-state index contributed by atoms with van der Waals surface area (Å²) in [4.78, 5) is 14.3. The fourth-order valence-electron chi connectivity index (χ4n) is 3.00. The second kappa shape index (κ2) is 7.86. The van der Waals surface area contributed by atoms with Gasteiger partial charge >= 0.3 is 0 Å². The van der Waals surface area contributed by atoms with Crippen molar-refractivity contribution < 1.29 is 21.6 Å². The molecule has 0 spiro atoms. The predicted molar refractivity (Wildman–Crippen MR) is 96.9 cm³/mol. The van der Waals surface area contributed by atoms with E-state index in [1.54, 1.807) is 29.2 Å². The highest BCUT2D eigenvalue weighted by molar-refractivity contribution is 7.91. The maximum absolute atomic E-state index is 12.5. The Hall–Kier alpha value is -1.41. The molecule has 1 aliphatic heterocycles. The largest absolute Gasteiger partial charge is 0.339 e. The van der Waals surface area contributed by atoms with Crippen molar-refractivity contribution in [3.8, 4) is 0 Å². The summed E-state index contributed by atoms with van der Waals surface area (Å²) in [7, 11) is -6.63. The Bertz CT molecular complexity index is 813. The van der Waals surface area contributed by atoms with Crippen LogP contribution in [0.15, 0.2) is 29.2 Å². The molecule has 0 bridgehead atoms. The summed E-state index contributed by atoms with van der Waals surface area (Å²) in [6.45, 7) is 4.23. The molecule has 6 nitrogen and oxygen atoms in total. The number of benzene rings is 1. The van der Waals surface area contributed by atoms with Gasteiger partial charge in [-0.3, -0.25) is 4.79 Å². The molecule has 1 aromatic rings. The molecule has 0 radical (unpaired) electrons. The first-order valence-electron chi connectivity index (χ1n) is 8.44. The lowest BCUT2D eigenvalue weighted by Crippen LogP contribution is -2.42. The van der Waals surface area contributed by atoms with Crippen LogP contribution in [0.2, 0.25) is 0 Å². The lowest BCUT2D eigenvalue weighted by atomic mass is 10.2. The van der Waals surface area contributed by atoms with Gasteiger partial charge in [-0.05, 0) is 31.9 Å². The molecule has 1 heterocycles. The smallest absolute Gasteiger partial charge is 0.223 e. The topological polar surface area (TPSA) is 88.6 Å². The fraction of sp³-hybridized carbons (Fsp3) is 0.588. The van der Waals surface area contributed by atoms with Crippen LogP contribution in [-0.2, 0) is 24.5 Å². The predicted octanol–water partition coefficient (Wildman–Crippen LogP) is 1.58. The molecule has 1 amide bonds. The molecule has 0 aliphatic carbocycles. The number of nitrogens with zero attached hydrogens (tertiary/aromatic N) is 1. The summed E-state index contributed by atoms with van der Waals surface area (Å²) in [5.41, 5.74) is 0.964. The highest BCUT2D eigenvalue weighted by Gasteiger charge is 2.34. The average molecular weight is 388 g/mol. The molecular formula is C17H25NO5S2. The lowest BCUT2D eigenvalue weighted by Gasteiger charge is -2.28. The van der Waals surface area contributed by atoms with Crippen LogP contribution in [0.4, 0.5) is 0 Å². The van der Waals surface area contributed by atoms with E-state index in [-0.39, 0.29) is 40.5 Å². The first kappa shape index (κ1) is 19.9. The van der Waals surface area contributed by atoms with E-state index in [0.29, 0.717) is 19.4 Å². The summed E-state index contributed by atoms with van der Waals surface area (Å²) in [6, 6.07) is 6.20. The zero-order chi connectivity index (χ0) is 18.7. The normalized spacial score (nSPS) is 19.7. The van der Waals surface area contributed by atoms with Crippen LogP contribution in [0.25, 0.3) is 0 Å². The number of aryl methyl sites for hydroxylation is 1. The minimum Gasteiger partial charge on any atom is -0.339 e. The van der Waals surface area contributed by atoms with E-state index >= 15 is 0 Å². The van der Waals surface area contributed by atoms with Crippen molar-refractivity contribution in [2.75, 3.05) is 23.8 Å². The molecule has 0 saturated carbocycles. The molecule has 1 unspecified atom stereocenters. The maximum Gasteiger partial charge on any atom is 0.223 e. The van der Waals surface area contributed by atoms with E-state index in [0.717, 1.165) is 5.56 Å². The van der Waals surface area contributed by atoms with Crippen molar-refractivity contribution in [1.29, 1.82) is 0 Å². The zero-order valence-corrected chi connectivity index (χ0v) is 16.3. The Labute approximate surface area is 150 Å². The minimum absolute atomic E-state index is 0.0244. The Kier molecular flexibility index (Phi) is 6.26. The van der Waals surface area contributed by atoms with Gasteiger partial charge in [-0.15, -0.1) is 0 Å². The molecule has 1 fully saturated rings. The number of hydrogen-bond acceptors (Lipinski definition) is 5. The van der Waals surface area contributed by atoms with E-state index in [9.17, 15) is 21.6 Å². The highest BCUT2D eigenvalue weighted by Crippen LogP contribution is 2.20. The van der Waals surface area contributed by atoms with E-state index in [1.165, 1.54) is 0 Å². The Morgan fingerprint density at radius 2 is 1.88 bits per heavy atom. The Morgan fingerprint density at radius 3 is 2.40 bits per heavy atom. The number of carbonyl (C=O) groups excluding carboxylic acids is 1. The molecule has 8 heteroatoms. The Balaban J connectivity index is 2.04. The van der Waals surface area contributed by atoms with Crippen LogP contribution in [-0.4, -0.2) is 57.5 Å². The average Bonchev–Trinajstić information content (AvgIpc) is 2.90. The lowest BCUT2D eigenvalue weighted by molar-refractivity contribution is -0.132. The SMILES string of the molecule is CCCN(C(=O)CCS(=O)(=O)c1ccc(C)cc1)C1CCS(=O)(=O)C1. The van der Waals surface area contributed by atoms with E-state index in [1.807, 2.05) is 13.8 Å². The van der Waals surface area contributed by atoms with Crippen LogP contribution >= 0.6 is 0 Å². The molecule has 140 valence electrons. The molecule has 1 atom stereocenters.